The zero-order chi connectivity index (χ0) is 11.5. The molecular weight excluding hydrogens is 208 g/mol. The summed E-state index contributed by atoms with van der Waals surface area (Å²) >= 11 is 6.18. The molecule has 2 unspecified atom stereocenters. The van der Waals surface area contributed by atoms with Crippen LogP contribution in [0.15, 0.2) is 0 Å². The Balaban J connectivity index is 2.16. The van der Waals surface area contributed by atoms with Crippen LogP contribution in [0.2, 0.25) is 0 Å². The van der Waals surface area contributed by atoms with Crippen LogP contribution >= 0.6 is 11.6 Å². The van der Waals surface area contributed by atoms with Crippen LogP contribution in [0.4, 0.5) is 0 Å². The van der Waals surface area contributed by atoms with E-state index in [1.807, 2.05) is 0 Å². The Morgan fingerprint density at radius 2 is 1.93 bits per heavy atom. The van der Waals surface area contributed by atoms with Gasteiger partial charge in [0.15, 0.2) is 0 Å². The standard InChI is InChI=1S/C12H25ClN2/c1-5-15(6-2)8-7-14-11-9-10(13)12(11,3)4/h10-11,14H,5-9H2,1-4H3. The SMILES string of the molecule is CCN(CC)CCNC1CC(Cl)C1(C)C. The van der Waals surface area contributed by atoms with Crippen molar-refractivity contribution in [3.05, 3.63) is 0 Å². The van der Waals surface area contributed by atoms with E-state index < -0.39 is 0 Å². The van der Waals surface area contributed by atoms with Gasteiger partial charge in [-0.25, -0.2) is 0 Å². The van der Waals surface area contributed by atoms with Gasteiger partial charge < -0.3 is 10.2 Å². The van der Waals surface area contributed by atoms with Gasteiger partial charge in [-0.1, -0.05) is 27.7 Å². The lowest BCUT2D eigenvalue weighted by molar-refractivity contribution is 0.113. The van der Waals surface area contributed by atoms with Crippen molar-refractivity contribution < 1.29 is 0 Å². The summed E-state index contributed by atoms with van der Waals surface area (Å²) < 4.78 is 0. The molecular formula is C12H25ClN2. The summed E-state index contributed by atoms with van der Waals surface area (Å²) in [5.41, 5.74) is 0.269. The molecule has 15 heavy (non-hydrogen) atoms. The molecule has 1 rings (SSSR count). The normalized spacial score (nSPS) is 29.2. The minimum absolute atomic E-state index is 0.269. The van der Waals surface area contributed by atoms with E-state index in [-0.39, 0.29) is 5.41 Å². The predicted octanol–water partition coefficient (Wildman–Crippen LogP) is 2.32. The molecule has 1 fully saturated rings. The van der Waals surface area contributed by atoms with Crippen LogP contribution in [-0.2, 0) is 0 Å². The second-order valence-corrected chi connectivity index (χ2v) is 5.59. The lowest BCUT2D eigenvalue weighted by Crippen LogP contribution is -2.58. The lowest BCUT2D eigenvalue weighted by atomic mass is 9.67. The first-order valence-electron chi connectivity index (χ1n) is 6.12. The number of rotatable bonds is 6. The van der Waals surface area contributed by atoms with Crippen LogP contribution in [0.5, 0.6) is 0 Å². The van der Waals surface area contributed by atoms with Gasteiger partial charge in [-0.15, -0.1) is 11.6 Å². The summed E-state index contributed by atoms with van der Waals surface area (Å²) in [5, 5.41) is 3.96. The number of nitrogens with zero attached hydrogens (tertiary/aromatic N) is 1. The number of hydrogen-bond acceptors (Lipinski definition) is 2. The quantitative estimate of drug-likeness (QED) is 0.708. The zero-order valence-electron chi connectivity index (χ0n) is 10.5. The molecule has 0 amide bonds. The Hall–Kier alpha value is 0.210. The van der Waals surface area contributed by atoms with Gasteiger partial charge in [0.1, 0.15) is 0 Å². The van der Waals surface area contributed by atoms with Gasteiger partial charge in [0, 0.05) is 24.5 Å². The van der Waals surface area contributed by atoms with Crippen molar-refractivity contribution in [1.82, 2.24) is 10.2 Å². The van der Waals surface area contributed by atoms with Crippen molar-refractivity contribution in [2.75, 3.05) is 26.2 Å². The van der Waals surface area contributed by atoms with E-state index in [9.17, 15) is 0 Å². The first-order chi connectivity index (χ1) is 7.02. The van der Waals surface area contributed by atoms with Gasteiger partial charge in [0.2, 0.25) is 0 Å². The van der Waals surface area contributed by atoms with Crippen LogP contribution in [0.25, 0.3) is 0 Å². The van der Waals surface area contributed by atoms with E-state index >= 15 is 0 Å². The zero-order valence-corrected chi connectivity index (χ0v) is 11.3. The summed E-state index contributed by atoms with van der Waals surface area (Å²) in [4.78, 5) is 2.44. The van der Waals surface area contributed by atoms with E-state index in [2.05, 4.69) is 37.9 Å². The maximum atomic E-state index is 6.18. The third kappa shape index (κ3) is 3.08. The van der Waals surface area contributed by atoms with E-state index in [1.165, 1.54) is 0 Å². The fourth-order valence-electron chi connectivity index (χ4n) is 2.16. The number of hydrogen-bond donors (Lipinski definition) is 1. The van der Waals surface area contributed by atoms with Crippen molar-refractivity contribution >= 4 is 11.6 Å². The van der Waals surface area contributed by atoms with Crippen molar-refractivity contribution in [2.45, 2.75) is 45.5 Å². The topological polar surface area (TPSA) is 15.3 Å². The Bertz CT molecular complexity index is 190. The molecule has 0 aliphatic heterocycles. The van der Waals surface area contributed by atoms with Gasteiger partial charge in [0.25, 0.3) is 0 Å². The van der Waals surface area contributed by atoms with Crippen LogP contribution < -0.4 is 5.32 Å². The molecule has 0 bridgehead atoms. The average Bonchev–Trinajstić information content (AvgIpc) is 2.23. The van der Waals surface area contributed by atoms with Crippen LogP contribution in [0, 0.1) is 5.41 Å². The summed E-state index contributed by atoms with van der Waals surface area (Å²) in [7, 11) is 0. The second kappa shape index (κ2) is 5.51. The Kier molecular flexibility index (Phi) is 4.88. The fourth-order valence-corrected chi connectivity index (χ4v) is 2.49. The van der Waals surface area contributed by atoms with Gasteiger partial charge in [-0.2, -0.15) is 0 Å². The van der Waals surface area contributed by atoms with Crippen LogP contribution in [-0.4, -0.2) is 42.5 Å². The smallest absolute Gasteiger partial charge is 0.0416 e. The molecule has 0 aromatic heterocycles. The monoisotopic (exact) mass is 232 g/mol. The highest BCUT2D eigenvalue weighted by Gasteiger charge is 2.46. The molecule has 0 aromatic carbocycles. The van der Waals surface area contributed by atoms with Crippen LogP contribution in [0.1, 0.15) is 34.1 Å². The van der Waals surface area contributed by atoms with Crippen molar-refractivity contribution in [2.24, 2.45) is 5.41 Å². The third-order valence-electron chi connectivity index (χ3n) is 3.86. The van der Waals surface area contributed by atoms with E-state index in [0.29, 0.717) is 11.4 Å². The highest BCUT2D eigenvalue weighted by Crippen LogP contribution is 2.44. The van der Waals surface area contributed by atoms with Gasteiger partial charge in [-0.3, -0.25) is 0 Å². The molecule has 0 radical (unpaired) electrons. The first kappa shape index (κ1) is 13.3. The number of alkyl halides is 1. The molecule has 2 nitrogen and oxygen atoms in total. The van der Waals surface area contributed by atoms with E-state index in [0.717, 1.165) is 32.6 Å². The third-order valence-corrected chi connectivity index (χ3v) is 4.60. The summed E-state index contributed by atoms with van der Waals surface area (Å²) in [6.45, 7) is 13.4. The highest BCUT2D eigenvalue weighted by atomic mass is 35.5. The Morgan fingerprint density at radius 1 is 1.33 bits per heavy atom. The Morgan fingerprint density at radius 3 is 2.33 bits per heavy atom. The highest BCUT2D eigenvalue weighted by molar-refractivity contribution is 6.21. The number of nitrogens with one attached hydrogen (secondary N) is 1. The second-order valence-electron chi connectivity index (χ2n) is 5.06. The molecule has 2 atom stereocenters. The van der Waals surface area contributed by atoms with Gasteiger partial charge in [0.05, 0.1) is 0 Å². The summed E-state index contributed by atoms with van der Waals surface area (Å²) in [6, 6.07) is 0.607. The summed E-state index contributed by atoms with van der Waals surface area (Å²) in [6.07, 6.45) is 1.12. The van der Waals surface area contributed by atoms with E-state index in [4.69, 9.17) is 11.6 Å². The van der Waals surface area contributed by atoms with Gasteiger partial charge >= 0.3 is 0 Å². The Labute approximate surface area is 99.4 Å². The summed E-state index contributed by atoms with van der Waals surface area (Å²) in [5.74, 6) is 0. The fraction of sp³-hybridized carbons (Fsp3) is 1.00. The lowest BCUT2D eigenvalue weighted by Gasteiger charge is -2.49. The largest absolute Gasteiger partial charge is 0.312 e. The molecule has 0 spiro atoms. The molecule has 90 valence electrons. The molecule has 3 heteroatoms. The average molecular weight is 233 g/mol. The first-order valence-corrected chi connectivity index (χ1v) is 6.55. The molecule has 1 N–H and O–H groups in total. The van der Waals surface area contributed by atoms with Crippen molar-refractivity contribution in [3.63, 3.8) is 0 Å². The molecule has 0 aromatic rings. The molecule has 1 saturated carbocycles. The van der Waals surface area contributed by atoms with Crippen molar-refractivity contribution in [1.29, 1.82) is 0 Å². The molecule has 0 saturated heterocycles. The molecule has 1 aliphatic rings. The van der Waals surface area contributed by atoms with Crippen LogP contribution in [0.3, 0.4) is 0 Å². The van der Waals surface area contributed by atoms with Gasteiger partial charge in [-0.05, 0) is 24.9 Å². The maximum Gasteiger partial charge on any atom is 0.0416 e. The predicted molar refractivity (Wildman–Crippen MR) is 67.6 cm³/mol. The minimum atomic E-state index is 0.269. The number of likely N-dealkylation sites (N-methyl/N-ethyl adjacent to an activating group) is 1. The minimum Gasteiger partial charge on any atom is -0.312 e. The molecule has 1 aliphatic carbocycles. The maximum absolute atomic E-state index is 6.18. The van der Waals surface area contributed by atoms with Crippen molar-refractivity contribution in [3.8, 4) is 0 Å². The van der Waals surface area contributed by atoms with E-state index in [1.54, 1.807) is 0 Å². The molecule has 0 heterocycles. The number of halogens is 1.